The fraction of sp³-hybridized carbons (Fsp3) is 0.364. The van der Waals surface area contributed by atoms with Crippen LogP contribution in [0, 0.1) is 0 Å². The van der Waals surface area contributed by atoms with Gasteiger partial charge >= 0.3 is 5.97 Å². The normalized spacial score (nSPS) is 11.5. The standard InChI is InChI=1S/C11H12Cl2O4S2/c1-2-18-3-4-19(16,17)9-6-7(12)5-8(10(9)13)11(14)15/h5-6H,2-4H2,1H3,(H,14,15). The van der Waals surface area contributed by atoms with Crippen molar-refractivity contribution >= 4 is 50.8 Å². The van der Waals surface area contributed by atoms with Crippen molar-refractivity contribution in [2.75, 3.05) is 17.3 Å². The van der Waals surface area contributed by atoms with Gasteiger partial charge in [-0.2, -0.15) is 11.8 Å². The molecule has 8 heteroatoms. The summed E-state index contributed by atoms with van der Waals surface area (Å²) < 4.78 is 24.2. The molecular formula is C11H12Cl2O4S2. The minimum atomic E-state index is -3.64. The smallest absolute Gasteiger partial charge is 0.337 e. The van der Waals surface area contributed by atoms with Crippen LogP contribution in [0.15, 0.2) is 17.0 Å². The van der Waals surface area contributed by atoms with Crippen LogP contribution in [0.25, 0.3) is 0 Å². The Kier molecular flexibility index (Phi) is 5.98. The van der Waals surface area contributed by atoms with Crippen molar-refractivity contribution in [1.82, 2.24) is 0 Å². The number of carbonyl (C=O) groups is 1. The number of hydrogen-bond acceptors (Lipinski definition) is 4. The van der Waals surface area contributed by atoms with Gasteiger partial charge in [0.05, 0.1) is 21.2 Å². The minimum Gasteiger partial charge on any atom is -0.478 e. The first-order chi connectivity index (χ1) is 8.79. The lowest BCUT2D eigenvalue weighted by molar-refractivity contribution is 0.0697. The first-order valence-corrected chi connectivity index (χ1v) is 8.88. The number of halogens is 2. The molecule has 0 spiro atoms. The molecule has 4 nitrogen and oxygen atoms in total. The summed E-state index contributed by atoms with van der Waals surface area (Å²) in [6, 6.07) is 2.31. The first-order valence-electron chi connectivity index (χ1n) is 5.32. The molecule has 0 saturated carbocycles. The molecule has 1 N–H and O–H groups in total. The van der Waals surface area contributed by atoms with Crippen LogP contribution in [0.3, 0.4) is 0 Å². The summed E-state index contributed by atoms with van der Waals surface area (Å²) in [5.74, 6) is -0.194. The van der Waals surface area contributed by atoms with Crippen molar-refractivity contribution in [3.05, 3.63) is 27.7 Å². The van der Waals surface area contributed by atoms with Crippen molar-refractivity contribution < 1.29 is 18.3 Å². The van der Waals surface area contributed by atoms with E-state index in [4.69, 9.17) is 28.3 Å². The number of sulfone groups is 1. The highest BCUT2D eigenvalue weighted by Gasteiger charge is 2.23. The second-order valence-corrected chi connectivity index (χ2v) is 7.87. The van der Waals surface area contributed by atoms with Crippen LogP contribution < -0.4 is 0 Å². The van der Waals surface area contributed by atoms with Gasteiger partial charge in [-0.25, -0.2) is 13.2 Å². The summed E-state index contributed by atoms with van der Waals surface area (Å²) in [6.45, 7) is 1.92. The molecule has 0 aliphatic rings. The molecule has 106 valence electrons. The maximum absolute atomic E-state index is 12.1. The third kappa shape index (κ3) is 4.27. The molecule has 1 rings (SSSR count). The van der Waals surface area contributed by atoms with Gasteiger partial charge in [-0.3, -0.25) is 0 Å². The highest BCUT2D eigenvalue weighted by Crippen LogP contribution is 2.30. The number of benzene rings is 1. The molecule has 0 atom stereocenters. The number of hydrogen-bond donors (Lipinski definition) is 1. The van der Waals surface area contributed by atoms with Gasteiger partial charge in [0.2, 0.25) is 0 Å². The van der Waals surface area contributed by atoms with Crippen molar-refractivity contribution in [2.24, 2.45) is 0 Å². The topological polar surface area (TPSA) is 71.4 Å². The molecule has 1 aromatic rings. The lowest BCUT2D eigenvalue weighted by atomic mass is 10.2. The number of carboxylic acid groups (broad SMARTS) is 1. The maximum atomic E-state index is 12.1. The van der Waals surface area contributed by atoms with E-state index in [-0.39, 0.29) is 26.3 Å². The molecule has 0 unspecified atom stereocenters. The summed E-state index contributed by atoms with van der Waals surface area (Å²) in [4.78, 5) is 10.7. The van der Waals surface area contributed by atoms with E-state index in [9.17, 15) is 13.2 Å². The van der Waals surface area contributed by atoms with E-state index in [1.165, 1.54) is 17.8 Å². The number of thioether (sulfide) groups is 1. The van der Waals surface area contributed by atoms with Gasteiger partial charge in [-0.1, -0.05) is 30.1 Å². The second kappa shape index (κ2) is 6.83. The second-order valence-electron chi connectivity index (χ2n) is 3.59. The molecule has 0 heterocycles. The van der Waals surface area contributed by atoms with Crippen molar-refractivity contribution in [3.63, 3.8) is 0 Å². The zero-order valence-electron chi connectivity index (χ0n) is 10.0. The van der Waals surface area contributed by atoms with Gasteiger partial charge in [-0.15, -0.1) is 0 Å². The van der Waals surface area contributed by atoms with E-state index >= 15 is 0 Å². The van der Waals surface area contributed by atoms with Crippen LogP contribution in [0.5, 0.6) is 0 Å². The fourth-order valence-electron chi connectivity index (χ4n) is 1.37. The molecular weight excluding hydrogens is 331 g/mol. The van der Waals surface area contributed by atoms with Crippen LogP contribution in [-0.2, 0) is 9.84 Å². The van der Waals surface area contributed by atoms with Gasteiger partial charge in [0.1, 0.15) is 0 Å². The van der Waals surface area contributed by atoms with E-state index in [0.29, 0.717) is 5.75 Å². The summed E-state index contributed by atoms with van der Waals surface area (Å²) in [6.07, 6.45) is 0. The average molecular weight is 343 g/mol. The third-order valence-corrected chi connectivity index (χ3v) is 5.90. The highest BCUT2D eigenvalue weighted by molar-refractivity contribution is 8.00. The minimum absolute atomic E-state index is 0.0310. The van der Waals surface area contributed by atoms with Gasteiger partial charge in [0, 0.05) is 10.8 Å². The molecule has 1 aromatic carbocycles. The van der Waals surface area contributed by atoms with Crippen LogP contribution in [0.4, 0.5) is 0 Å². The van der Waals surface area contributed by atoms with Gasteiger partial charge in [0.25, 0.3) is 0 Å². The Balaban J connectivity index is 3.23. The summed E-state index contributed by atoms with van der Waals surface area (Å²) >= 11 is 13.1. The Morgan fingerprint density at radius 2 is 2.00 bits per heavy atom. The maximum Gasteiger partial charge on any atom is 0.337 e. The summed E-state index contributed by atoms with van der Waals surface area (Å²) in [5.41, 5.74) is -0.309. The molecule has 0 fully saturated rings. The van der Waals surface area contributed by atoms with Crippen molar-refractivity contribution in [1.29, 1.82) is 0 Å². The van der Waals surface area contributed by atoms with Gasteiger partial charge in [0.15, 0.2) is 9.84 Å². The zero-order chi connectivity index (χ0) is 14.6. The quantitative estimate of drug-likeness (QED) is 0.803. The van der Waals surface area contributed by atoms with E-state index in [1.807, 2.05) is 6.92 Å². The molecule has 0 amide bonds. The summed E-state index contributed by atoms with van der Waals surface area (Å²) in [7, 11) is -3.64. The number of aromatic carboxylic acids is 1. The van der Waals surface area contributed by atoms with Crippen molar-refractivity contribution in [2.45, 2.75) is 11.8 Å². The Labute approximate surface area is 126 Å². The lowest BCUT2D eigenvalue weighted by Gasteiger charge is -2.09. The third-order valence-electron chi connectivity index (χ3n) is 2.27. The van der Waals surface area contributed by atoms with Gasteiger partial charge in [-0.05, 0) is 17.9 Å². The Bertz CT molecular complexity index is 585. The van der Waals surface area contributed by atoms with E-state index < -0.39 is 15.8 Å². The monoisotopic (exact) mass is 342 g/mol. The molecule has 0 aliphatic heterocycles. The van der Waals surface area contributed by atoms with Gasteiger partial charge < -0.3 is 5.11 Å². The summed E-state index contributed by atoms with van der Waals surface area (Å²) in [5, 5.41) is 8.69. The molecule has 0 aromatic heterocycles. The Morgan fingerprint density at radius 3 is 2.53 bits per heavy atom. The molecule has 19 heavy (non-hydrogen) atoms. The highest BCUT2D eigenvalue weighted by atomic mass is 35.5. The predicted molar refractivity (Wildman–Crippen MR) is 78.5 cm³/mol. The number of rotatable bonds is 6. The fourth-order valence-corrected chi connectivity index (χ4v) is 4.74. The van der Waals surface area contributed by atoms with E-state index in [2.05, 4.69) is 0 Å². The average Bonchev–Trinajstić information content (AvgIpc) is 2.31. The first kappa shape index (κ1) is 16.6. The number of carboxylic acids is 1. The predicted octanol–water partition coefficient (Wildman–Crippen LogP) is 3.22. The van der Waals surface area contributed by atoms with Crippen LogP contribution in [0.2, 0.25) is 10.0 Å². The van der Waals surface area contributed by atoms with Crippen LogP contribution in [0.1, 0.15) is 17.3 Å². The largest absolute Gasteiger partial charge is 0.478 e. The Hall–Kier alpha value is -0.430. The zero-order valence-corrected chi connectivity index (χ0v) is 13.2. The van der Waals surface area contributed by atoms with Crippen molar-refractivity contribution in [3.8, 4) is 0 Å². The van der Waals surface area contributed by atoms with E-state index in [1.54, 1.807) is 0 Å². The molecule has 0 aliphatic carbocycles. The molecule has 0 radical (unpaired) electrons. The van der Waals surface area contributed by atoms with Crippen LogP contribution in [-0.4, -0.2) is 36.8 Å². The van der Waals surface area contributed by atoms with E-state index in [0.717, 1.165) is 11.8 Å². The molecule has 0 saturated heterocycles. The SMILES string of the molecule is CCSCCS(=O)(=O)c1cc(Cl)cc(C(=O)O)c1Cl. The molecule has 0 bridgehead atoms. The van der Waals surface area contributed by atoms with Crippen LogP contribution >= 0.6 is 35.0 Å². The lowest BCUT2D eigenvalue weighted by Crippen LogP contribution is -2.11. The Morgan fingerprint density at radius 1 is 1.37 bits per heavy atom.